The lowest BCUT2D eigenvalue weighted by Gasteiger charge is -2.41. The van der Waals surface area contributed by atoms with E-state index in [4.69, 9.17) is 104 Å². The van der Waals surface area contributed by atoms with Crippen molar-refractivity contribution < 1.29 is 168 Å². The van der Waals surface area contributed by atoms with Crippen molar-refractivity contribution in [2.24, 2.45) is 0 Å². The molecule has 0 amide bonds. The Morgan fingerprint density at radius 3 is 0.664 bits per heavy atom. The van der Waals surface area contributed by atoms with Gasteiger partial charge in [0.05, 0.1) is 144 Å². The summed E-state index contributed by atoms with van der Waals surface area (Å²) in [4.78, 5) is 66.2. The van der Waals surface area contributed by atoms with E-state index in [2.05, 4.69) is 4.74 Å². The van der Waals surface area contributed by atoms with Gasteiger partial charge in [0, 0.05) is 32.1 Å². The number of esters is 5. The lowest BCUT2D eigenvalue weighted by Crippen LogP contribution is -2.52. The molecule has 12 saturated heterocycles. The highest BCUT2D eigenvalue weighted by Crippen LogP contribution is 2.40. The van der Waals surface area contributed by atoms with E-state index < -0.39 is 71.3 Å². The highest BCUT2D eigenvalue weighted by atomic mass is 16.8. The highest BCUT2D eigenvalue weighted by molar-refractivity contribution is 5.81. The van der Waals surface area contributed by atoms with Crippen molar-refractivity contribution in [3.8, 4) is 0 Å². The number of hydrogen-bond acceptors (Lipinski definition) is 35. The minimum atomic E-state index is -0.859. The average molecular weight is 1590 g/mol. The molecule has 0 aromatic carbocycles. The van der Waals surface area contributed by atoms with Gasteiger partial charge < -0.3 is 144 Å². The largest absolute Gasteiger partial charge is 0.466 e. The van der Waals surface area contributed by atoms with Gasteiger partial charge in [-0.1, -0.05) is 27.7 Å². The third kappa shape index (κ3) is 28.8. The summed E-state index contributed by atoms with van der Waals surface area (Å²) in [6.45, 7) is 31.7. The zero-order valence-electron chi connectivity index (χ0n) is 66.8. The summed E-state index contributed by atoms with van der Waals surface area (Å²) >= 11 is 0. The molecule has 110 heavy (non-hydrogen) atoms. The smallest absolute Gasteiger partial charge is 0.306 e. The van der Waals surface area contributed by atoms with E-state index >= 15 is 0 Å². The lowest BCUT2D eigenvalue weighted by atomic mass is 10.1. The zero-order valence-corrected chi connectivity index (χ0v) is 66.8. The number of aliphatic hydroxyl groups is 6. The molecule has 0 spiro atoms. The van der Waals surface area contributed by atoms with Crippen LogP contribution in [-0.4, -0.2) is 323 Å². The van der Waals surface area contributed by atoms with Gasteiger partial charge in [0.2, 0.25) is 0 Å². The van der Waals surface area contributed by atoms with Crippen molar-refractivity contribution in [3.63, 3.8) is 0 Å². The molecule has 12 rings (SSSR count). The molecule has 0 aromatic heterocycles. The number of fused-ring (bicyclic) bond motifs is 6. The van der Waals surface area contributed by atoms with Gasteiger partial charge in [-0.3, -0.25) is 24.0 Å². The molecule has 22 atom stereocenters. The number of ketones is 1. The Morgan fingerprint density at radius 1 is 0.282 bits per heavy atom. The molecule has 12 aliphatic heterocycles. The number of carbonyl (C=O) groups excluding carboxylic acids is 6. The van der Waals surface area contributed by atoms with Gasteiger partial charge in [-0.15, -0.1) is 0 Å². The first-order valence-electron chi connectivity index (χ1n) is 39.2. The van der Waals surface area contributed by atoms with Crippen molar-refractivity contribution in [1.82, 2.24) is 0 Å². The molecule has 0 saturated carbocycles. The molecule has 0 bridgehead atoms. The summed E-state index contributed by atoms with van der Waals surface area (Å²) in [6, 6.07) is 0. The molecular formula is C75H128O35. The Morgan fingerprint density at radius 2 is 0.473 bits per heavy atom. The SMILES string of the molecule is CCC1(CC)OC[C@@H]2OC[C@@H](O)[C@@H]2O1.CCC1(CC)OC[C@H]2OC[C@H](O)[C@H]2O1.CCOC(=O)CCC(C)=O.CCOC(=O)CC[C@@]1(C)OC[C@@H]2OC[C@@H](O)[C@@H]2O1.CCOC(=O)CC[C@@]1(C)OC[C@H]2OC[C@H](O)[C@H]2O1.CCOC(=O)CC[C@]1(C)OC[C@@H]2OC[C@@H](O)[C@@H]2O1.CCOC(=O)CC[C@]1(C)OC[C@H]2OC[C@H](O)[C@H]2O1. The number of hydrogen-bond donors (Lipinski definition) is 6. The van der Waals surface area contributed by atoms with Crippen LogP contribution in [0.2, 0.25) is 0 Å². The predicted molar refractivity (Wildman–Crippen MR) is 380 cm³/mol. The van der Waals surface area contributed by atoms with Crippen LogP contribution >= 0.6 is 0 Å². The maximum Gasteiger partial charge on any atom is 0.306 e. The molecule has 638 valence electrons. The second-order valence-electron chi connectivity index (χ2n) is 29.0. The van der Waals surface area contributed by atoms with Crippen LogP contribution in [-0.2, 0) is 138 Å². The quantitative estimate of drug-likeness (QED) is 0.0597. The Bertz CT molecular complexity index is 2480. The van der Waals surface area contributed by atoms with Crippen molar-refractivity contribution >= 4 is 35.6 Å². The van der Waals surface area contributed by atoms with Gasteiger partial charge in [-0.25, -0.2) is 0 Å². The number of aliphatic hydroxyl groups excluding tert-OH is 6. The first-order chi connectivity index (χ1) is 52.2. The first-order valence-corrected chi connectivity index (χ1v) is 39.2. The molecule has 12 aliphatic rings. The minimum absolute atomic E-state index is 0.0213. The number of Topliss-reactive ketones (excluding diaryl/α,β-unsaturated/α-hetero) is 1. The van der Waals surface area contributed by atoms with Gasteiger partial charge in [-0.05, 0) is 94.9 Å². The van der Waals surface area contributed by atoms with Gasteiger partial charge in [0.1, 0.15) is 116 Å². The fourth-order valence-electron chi connectivity index (χ4n) is 13.6. The van der Waals surface area contributed by atoms with Crippen molar-refractivity contribution in [3.05, 3.63) is 0 Å². The summed E-state index contributed by atoms with van der Waals surface area (Å²) in [5, 5.41) is 58.2. The molecule has 0 aromatic rings. The topological polar surface area (TPSA) is 436 Å². The molecule has 12 heterocycles. The Labute approximate surface area is 645 Å². The fourth-order valence-corrected chi connectivity index (χ4v) is 13.6. The third-order valence-corrected chi connectivity index (χ3v) is 20.3. The maximum atomic E-state index is 11.3. The molecule has 0 radical (unpaired) electrons. The molecule has 35 nitrogen and oxygen atoms in total. The fraction of sp³-hybridized carbons (Fsp3) is 0.920. The van der Waals surface area contributed by atoms with Crippen LogP contribution in [0.3, 0.4) is 0 Å². The van der Waals surface area contributed by atoms with E-state index in [1.165, 1.54) is 6.92 Å². The zero-order chi connectivity index (χ0) is 81.0. The van der Waals surface area contributed by atoms with E-state index in [1.807, 2.05) is 27.7 Å². The second-order valence-corrected chi connectivity index (χ2v) is 29.0. The molecular weight excluding hydrogens is 1460 g/mol. The van der Waals surface area contributed by atoms with Crippen LogP contribution in [0.5, 0.6) is 0 Å². The highest BCUT2D eigenvalue weighted by Gasteiger charge is 2.53. The maximum absolute atomic E-state index is 11.3. The monoisotopic (exact) mass is 1590 g/mol. The third-order valence-electron chi connectivity index (χ3n) is 20.3. The standard InChI is InChI=1S/4C12H20O6.2C10H18O4.C7H12O3/c4*1-3-15-10(14)4-5-12(2)17-7-9-11(18-12)8(13)6-16-9;2*1-3-10(4-2)13-6-8-9(14-10)7(11)5-12-8;1-3-10-7(9)5-4-6(2)8/h4*8-9,11,13H,3-7H2,1-2H3;2*7-9,11H,3-6H2,1-2H3;3-5H2,1-2H3/t2*8-,9+,11+,12+;2*8-,9+,11+,12-;2*7-,8+,9+;/m101010./s1. The summed E-state index contributed by atoms with van der Waals surface area (Å²) in [7, 11) is 0. The molecule has 0 aliphatic carbocycles. The normalized spacial score (nSPS) is 37.0. The van der Waals surface area contributed by atoms with Crippen LogP contribution < -0.4 is 0 Å². The van der Waals surface area contributed by atoms with E-state index in [-0.39, 0.29) is 167 Å². The summed E-state index contributed by atoms with van der Waals surface area (Å²) < 4.78 is 124. The molecule has 12 fully saturated rings. The molecule has 6 N–H and O–H groups in total. The van der Waals surface area contributed by atoms with Crippen LogP contribution in [0.1, 0.15) is 187 Å². The van der Waals surface area contributed by atoms with Crippen LogP contribution in [0.4, 0.5) is 0 Å². The predicted octanol–water partition coefficient (Wildman–Crippen LogP) is 3.16. The lowest BCUT2D eigenvalue weighted by molar-refractivity contribution is -0.319. The van der Waals surface area contributed by atoms with Crippen LogP contribution in [0, 0.1) is 0 Å². The van der Waals surface area contributed by atoms with E-state index in [9.17, 15) is 59.4 Å². The van der Waals surface area contributed by atoms with Crippen LogP contribution in [0.15, 0.2) is 0 Å². The Kier molecular flexibility index (Phi) is 39.3. The Balaban J connectivity index is 0.000000202. The van der Waals surface area contributed by atoms with Gasteiger partial charge in [-0.2, -0.15) is 0 Å². The summed E-state index contributed by atoms with van der Waals surface area (Å²) in [5.41, 5.74) is 0. The number of ether oxygens (including phenoxy) is 23. The van der Waals surface area contributed by atoms with E-state index in [0.717, 1.165) is 25.7 Å². The Hall–Kier alpha value is -3.94. The summed E-state index contributed by atoms with van der Waals surface area (Å²) in [6.07, 6.45) is -0.126. The summed E-state index contributed by atoms with van der Waals surface area (Å²) in [5.74, 6) is -5.78. The second kappa shape index (κ2) is 45.5. The van der Waals surface area contributed by atoms with Crippen LogP contribution in [0.25, 0.3) is 0 Å². The van der Waals surface area contributed by atoms with Gasteiger partial charge in [0.15, 0.2) is 34.7 Å². The number of carbonyl (C=O) groups is 6. The van der Waals surface area contributed by atoms with Gasteiger partial charge in [0.25, 0.3) is 0 Å². The van der Waals surface area contributed by atoms with E-state index in [1.54, 1.807) is 62.3 Å². The first kappa shape index (κ1) is 94.9. The number of rotatable bonds is 24. The molecule has 35 heteroatoms. The average Bonchev–Trinajstić information content (AvgIpc) is 1.68. The minimum Gasteiger partial charge on any atom is -0.466 e. The van der Waals surface area contributed by atoms with Crippen molar-refractivity contribution in [1.29, 1.82) is 0 Å². The van der Waals surface area contributed by atoms with E-state index in [0.29, 0.717) is 118 Å². The molecule has 0 unspecified atom stereocenters. The van der Waals surface area contributed by atoms with Crippen molar-refractivity contribution in [2.75, 3.05) is 112 Å². The van der Waals surface area contributed by atoms with Gasteiger partial charge >= 0.3 is 29.8 Å². The van der Waals surface area contributed by atoms with Crippen molar-refractivity contribution in [2.45, 2.75) is 331 Å².